The quantitative estimate of drug-likeness (QED) is 0.636. The Balaban J connectivity index is 2.43. The fourth-order valence-corrected chi connectivity index (χ4v) is 3.51. The van der Waals surface area contributed by atoms with Gasteiger partial charge in [0.2, 0.25) is 0 Å². The molecule has 84 valence electrons. The van der Waals surface area contributed by atoms with E-state index in [1.807, 2.05) is 0 Å². The molecule has 0 aromatic carbocycles. The maximum absolute atomic E-state index is 12.3. The van der Waals surface area contributed by atoms with Gasteiger partial charge < -0.3 is 0 Å². The van der Waals surface area contributed by atoms with Gasteiger partial charge in [-0.25, -0.2) is 0 Å². The molecule has 1 fully saturated rings. The van der Waals surface area contributed by atoms with Crippen LogP contribution in [0.4, 0.5) is 0 Å². The number of Topliss-reactive ketones (excluding diaryl/α,β-unsaturated/α-hetero) is 1. The van der Waals surface area contributed by atoms with E-state index in [0.717, 1.165) is 24.8 Å². The van der Waals surface area contributed by atoms with Crippen LogP contribution in [0.25, 0.3) is 0 Å². The van der Waals surface area contributed by atoms with E-state index in [1.54, 1.807) is 0 Å². The normalized spacial score (nSPS) is 24.9. The van der Waals surface area contributed by atoms with Gasteiger partial charge in [0.15, 0.2) is 5.78 Å². The Hall–Kier alpha value is -0.590. The van der Waals surface area contributed by atoms with E-state index in [9.17, 15) is 4.79 Å². The summed E-state index contributed by atoms with van der Waals surface area (Å²) in [5, 5.41) is 0. The van der Waals surface area contributed by atoms with Crippen LogP contribution in [0.2, 0.25) is 0 Å². The third-order valence-corrected chi connectivity index (χ3v) is 4.10. The van der Waals surface area contributed by atoms with Crippen molar-refractivity contribution in [2.45, 2.75) is 59.8 Å². The number of allylic oxidation sites excluding steroid dienone is 2. The average Bonchev–Trinajstić information content (AvgIpc) is 2.61. The van der Waals surface area contributed by atoms with E-state index in [4.69, 9.17) is 0 Å². The highest BCUT2D eigenvalue weighted by molar-refractivity contribution is 6.11. The standard InChI is InChI=1S/C14H22O/c1-5-10-11(13(2,3)4)12(15)14(10)8-6-7-9-14/h5-9H2,1-4H3. The average molecular weight is 206 g/mol. The molecule has 2 aliphatic rings. The summed E-state index contributed by atoms with van der Waals surface area (Å²) in [7, 11) is 0. The Kier molecular flexibility index (Phi) is 2.33. The summed E-state index contributed by atoms with van der Waals surface area (Å²) in [6, 6.07) is 0. The van der Waals surface area contributed by atoms with Crippen LogP contribution in [-0.4, -0.2) is 5.78 Å². The lowest BCUT2D eigenvalue weighted by molar-refractivity contribution is -0.127. The van der Waals surface area contributed by atoms with Crippen LogP contribution >= 0.6 is 0 Å². The van der Waals surface area contributed by atoms with E-state index in [2.05, 4.69) is 27.7 Å². The summed E-state index contributed by atoms with van der Waals surface area (Å²) in [4.78, 5) is 12.3. The van der Waals surface area contributed by atoms with Crippen molar-refractivity contribution in [2.75, 3.05) is 0 Å². The maximum Gasteiger partial charge on any atom is 0.169 e. The summed E-state index contributed by atoms with van der Waals surface area (Å²) in [5.41, 5.74) is 2.69. The van der Waals surface area contributed by atoms with Gasteiger partial charge in [-0.1, -0.05) is 40.5 Å². The smallest absolute Gasteiger partial charge is 0.169 e. The van der Waals surface area contributed by atoms with Gasteiger partial charge in [-0.15, -0.1) is 0 Å². The first kappa shape index (κ1) is 10.9. The van der Waals surface area contributed by atoms with Crippen LogP contribution in [0, 0.1) is 10.8 Å². The van der Waals surface area contributed by atoms with Gasteiger partial charge in [0, 0.05) is 5.57 Å². The Morgan fingerprint density at radius 2 is 1.73 bits per heavy atom. The summed E-state index contributed by atoms with van der Waals surface area (Å²) < 4.78 is 0. The second-order valence-electron chi connectivity index (χ2n) is 6.08. The van der Waals surface area contributed by atoms with Crippen molar-refractivity contribution in [3.05, 3.63) is 11.1 Å². The molecule has 1 saturated carbocycles. The molecule has 0 amide bonds. The number of hydrogen-bond acceptors (Lipinski definition) is 1. The molecular weight excluding hydrogens is 184 g/mol. The summed E-state index contributed by atoms with van der Waals surface area (Å²) >= 11 is 0. The molecule has 0 aromatic heterocycles. The van der Waals surface area contributed by atoms with Gasteiger partial charge in [-0.3, -0.25) is 4.79 Å². The van der Waals surface area contributed by atoms with E-state index >= 15 is 0 Å². The molecule has 0 aliphatic heterocycles. The number of hydrogen-bond donors (Lipinski definition) is 0. The lowest BCUT2D eigenvalue weighted by atomic mass is 9.55. The zero-order chi connectivity index (χ0) is 11.3. The van der Waals surface area contributed by atoms with Crippen molar-refractivity contribution >= 4 is 5.78 Å². The van der Waals surface area contributed by atoms with E-state index < -0.39 is 0 Å². The molecule has 0 heterocycles. The highest BCUT2D eigenvalue weighted by atomic mass is 16.1. The SMILES string of the molecule is CCC1=C(C(C)(C)C)C(=O)C12CCCC2. The van der Waals surface area contributed by atoms with Crippen LogP contribution in [0.5, 0.6) is 0 Å². The minimum Gasteiger partial charge on any atom is -0.294 e. The van der Waals surface area contributed by atoms with Crippen molar-refractivity contribution in [1.82, 2.24) is 0 Å². The molecule has 15 heavy (non-hydrogen) atoms. The molecule has 0 bridgehead atoms. The molecule has 0 atom stereocenters. The van der Waals surface area contributed by atoms with Crippen LogP contribution in [0.15, 0.2) is 11.1 Å². The fraction of sp³-hybridized carbons (Fsp3) is 0.786. The van der Waals surface area contributed by atoms with E-state index in [0.29, 0.717) is 5.78 Å². The Morgan fingerprint density at radius 1 is 1.20 bits per heavy atom. The van der Waals surface area contributed by atoms with Crippen LogP contribution in [-0.2, 0) is 4.79 Å². The number of rotatable bonds is 1. The molecule has 1 nitrogen and oxygen atoms in total. The lowest BCUT2D eigenvalue weighted by Gasteiger charge is -2.46. The number of carbonyl (C=O) groups excluding carboxylic acids is 1. The summed E-state index contributed by atoms with van der Waals surface area (Å²) in [6.07, 6.45) is 5.79. The predicted molar refractivity (Wildman–Crippen MR) is 62.7 cm³/mol. The molecule has 1 heteroatoms. The molecule has 0 saturated heterocycles. The molecular formula is C14H22O. The Labute approximate surface area is 92.9 Å². The lowest BCUT2D eigenvalue weighted by Crippen LogP contribution is -2.46. The monoisotopic (exact) mass is 206 g/mol. The van der Waals surface area contributed by atoms with Crippen molar-refractivity contribution in [1.29, 1.82) is 0 Å². The fourth-order valence-electron chi connectivity index (χ4n) is 3.51. The highest BCUT2D eigenvalue weighted by Crippen LogP contribution is 2.58. The molecule has 0 radical (unpaired) electrons. The van der Waals surface area contributed by atoms with Crippen molar-refractivity contribution < 1.29 is 4.79 Å². The molecule has 1 spiro atoms. The van der Waals surface area contributed by atoms with E-state index in [1.165, 1.54) is 18.4 Å². The van der Waals surface area contributed by atoms with Crippen LogP contribution in [0.3, 0.4) is 0 Å². The van der Waals surface area contributed by atoms with Crippen LogP contribution < -0.4 is 0 Å². The first-order chi connectivity index (χ1) is 6.93. The largest absolute Gasteiger partial charge is 0.294 e. The molecule has 0 N–H and O–H groups in total. The molecule has 2 rings (SSSR count). The maximum atomic E-state index is 12.3. The van der Waals surface area contributed by atoms with Gasteiger partial charge in [0.05, 0.1) is 5.41 Å². The first-order valence-corrected chi connectivity index (χ1v) is 6.22. The Morgan fingerprint density at radius 3 is 2.13 bits per heavy atom. The highest BCUT2D eigenvalue weighted by Gasteiger charge is 2.55. The Bertz CT molecular complexity index is 322. The van der Waals surface area contributed by atoms with Crippen molar-refractivity contribution in [2.24, 2.45) is 10.8 Å². The van der Waals surface area contributed by atoms with Gasteiger partial charge in [-0.05, 0) is 30.3 Å². The van der Waals surface area contributed by atoms with E-state index in [-0.39, 0.29) is 10.8 Å². The minimum atomic E-state index is 0.0113. The van der Waals surface area contributed by atoms with Crippen LogP contribution in [0.1, 0.15) is 59.8 Å². The van der Waals surface area contributed by atoms with Gasteiger partial charge in [0.25, 0.3) is 0 Å². The zero-order valence-corrected chi connectivity index (χ0v) is 10.4. The second kappa shape index (κ2) is 3.20. The van der Waals surface area contributed by atoms with Crippen molar-refractivity contribution in [3.8, 4) is 0 Å². The van der Waals surface area contributed by atoms with Gasteiger partial charge in [0.1, 0.15) is 0 Å². The van der Waals surface area contributed by atoms with Crippen molar-refractivity contribution in [3.63, 3.8) is 0 Å². The first-order valence-electron chi connectivity index (χ1n) is 6.22. The third kappa shape index (κ3) is 1.32. The minimum absolute atomic E-state index is 0.0113. The topological polar surface area (TPSA) is 17.1 Å². The second-order valence-corrected chi connectivity index (χ2v) is 6.08. The number of carbonyl (C=O) groups is 1. The van der Waals surface area contributed by atoms with Gasteiger partial charge in [-0.2, -0.15) is 0 Å². The van der Waals surface area contributed by atoms with Gasteiger partial charge >= 0.3 is 0 Å². The zero-order valence-electron chi connectivity index (χ0n) is 10.4. The molecule has 0 unspecified atom stereocenters. The number of ketones is 1. The molecule has 2 aliphatic carbocycles. The summed E-state index contributed by atoms with van der Waals surface area (Å²) in [6.45, 7) is 8.70. The molecule has 0 aromatic rings. The predicted octanol–water partition coefficient (Wildman–Crippen LogP) is 3.88. The summed E-state index contributed by atoms with van der Waals surface area (Å²) in [5.74, 6) is 0.476. The third-order valence-electron chi connectivity index (χ3n) is 4.10.